The number of imide groups is 1. The number of halogens is 1. The number of carbonyl (C=O) groups is 4. The van der Waals surface area contributed by atoms with Crippen LogP contribution in [0.2, 0.25) is 0 Å². The number of fused-ring (bicyclic) bond motifs is 3. The number of benzene rings is 1. The third kappa shape index (κ3) is 3.00. The van der Waals surface area contributed by atoms with E-state index in [-0.39, 0.29) is 47.2 Å². The fourth-order valence-electron chi connectivity index (χ4n) is 5.83. The number of methoxy groups -OCH3 is 1. The standard InChI is InChI=1S/C25H22BrNO6/c1-10-6-17(28)21-15(22(10)29)9-14-12(4-5-13-20(14)25(32)27(2)24(13)31)19(21)11-7-16(26)23(30)18(8-11)33-3/h4,6-8,13-14,19-20,30H,5,9H2,1-3H3/t13-,14+,19-,20-/m0/s1. The third-order valence-electron chi connectivity index (χ3n) is 7.39. The van der Waals surface area contributed by atoms with Gasteiger partial charge in [0.15, 0.2) is 23.1 Å². The molecule has 0 bridgehead atoms. The number of Topliss-reactive ketones (excluding diaryl/α,β-unsaturated/α-hetero) is 1. The second kappa shape index (κ2) is 7.52. The maximum Gasteiger partial charge on any atom is 0.233 e. The summed E-state index contributed by atoms with van der Waals surface area (Å²) in [6.45, 7) is 1.62. The number of phenolic OH excluding ortho intramolecular Hbond substituents is 1. The number of ether oxygens (including phenoxy) is 1. The highest BCUT2D eigenvalue weighted by atomic mass is 79.9. The third-order valence-corrected chi connectivity index (χ3v) is 7.99. The molecule has 33 heavy (non-hydrogen) atoms. The Morgan fingerprint density at radius 3 is 2.55 bits per heavy atom. The highest BCUT2D eigenvalue weighted by Crippen LogP contribution is 2.55. The molecule has 170 valence electrons. The predicted octanol–water partition coefficient (Wildman–Crippen LogP) is 3.22. The zero-order chi connectivity index (χ0) is 23.8. The Labute approximate surface area is 198 Å². The molecule has 1 heterocycles. The van der Waals surface area contributed by atoms with Crippen LogP contribution in [0, 0.1) is 17.8 Å². The minimum atomic E-state index is -0.583. The number of hydrogen-bond donors (Lipinski definition) is 1. The number of allylic oxidation sites excluding steroid dienone is 6. The Kier molecular flexibility index (Phi) is 4.97. The zero-order valence-corrected chi connectivity index (χ0v) is 19.9. The van der Waals surface area contributed by atoms with Crippen molar-refractivity contribution in [3.05, 3.63) is 56.6 Å². The first-order valence-electron chi connectivity index (χ1n) is 10.7. The summed E-state index contributed by atoms with van der Waals surface area (Å²) in [5.74, 6) is -2.68. The Hall–Kier alpha value is -3.00. The molecule has 0 aromatic heterocycles. The lowest BCUT2D eigenvalue weighted by Crippen LogP contribution is -2.39. The van der Waals surface area contributed by atoms with Crippen LogP contribution in [0.25, 0.3) is 0 Å². The van der Waals surface area contributed by atoms with Gasteiger partial charge in [0, 0.05) is 29.7 Å². The molecule has 1 saturated heterocycles. The van der Waals surface area contributed by atoms with Crippen LogP contribution in [0.4, 0.5) is 0 Å². The van der Waals surface area contributed by atoms with Gasteiger partial charge < -0.3 is 9.84 Å². The van der Waals surface area contributed by atoms with Crippen molar-refractivity contribution in [3.63, 3.8) is 0 Å². The van der Waals surface area contributed by atoms with E-state index in [1.165, 1.54) is 25.1 Å². The van der Waals surface area contributed by atoms with Gasteiger partial charge in [-0.3, -0.25) is 24.1 Å². The van der Waals surface area contributed by atoms with Crippen molar-refractivity contribution in [2.75, 3.05) is 14.2 Å². The van der Waals surface area contributed by atoms with Crippen molar-refractivity contribution in [2.24, 2.45) is 17.8 Å². The molecule has 1 aromatic carbocycles. The highest BCUT2D eigenvalue weighted by molar-refractivity contribution is 9.10. The SMILES string of the molecule is COc1cc([C@H]2C3=CC[C@@H]4C(=O)N(C)C(=O)[C@@H]4[C@@H]3CC3=C2C(=O)C=C(C)C3=O)cc(Br)c1O. The van der Waals surface area contributed by atoms with E-state index in [1.807, 2.05) is 6.08 Å². The van der Waals surface area contributed by atoms with Gasteiger partial charge in [0.2, 0.25) is 11.8 Å². The van der Waals surface area contributed by atoms with Crippen molar-refractivity contribution in [3.8, 4) is 11.5 Å². The molecule has 4 aliphatic rings. The molecule has 5 rings (SSSR count). The Morgan fingerprint density at radius 1 is 1.12 bits per heavy atom. The van der Waals surface area contributed by atoms with Gasteiger partial charge >= 0.3 is 0 Å². The summed E-state index contributed by atoms with van der Waals surface area (Å²) in [7, 11) is 2.93. The molecule has 1 aliphatic heterocycles. The second-order valence-electron chi connectivity index (χ2n) is 9.02. The molecule has 1 aromatic rings. The van der Waals surface area contributed by atoms with Crippen molar-refractivity contribution in [1.29, 1.82) is 0 Å². The number of aromatic hydroxyl groups is 1. The monoisotopic (exact) mass is 511 g/mol. The molecule has 7 nitrogen and oxygen atoms in total. The van der Waals surface area contributed by atoms with Gasteiger partial charge in [0.1, 0.15) is 0 Å². The van der Waals surface area contributed by atoms with Gasteiger partial charge in [-0.25, -0.2) is 0 Å². The number of likely N-dealkylation sites (tertiary alicyclic amines) is 1. The van der Waals surface area contributed by atoms with Crippen LogP contribution >= 0.6 is 15.9 Å². The zero-order valence-electron chi connectivity index (χ0n) is 18.3. The summed E-state index contributed by atoms with van der Waals surface area (Å²) in [5.41, 5.74) is 2.70. The number of amides is 2. The molecule has 0 saturated carbocycles. The van der Waals surface area contributed by atoms with Gasteiger partial charge in [-0.05, 0) is 65.4 Å². The van der Waals surface area contributed by atoms with Crippen LogP contribution in [0.15, 0.2) is 51.0 Å². The molecule has 0 spiro atoms. The van der Waals surface area contributed by atoms with Gasteiger partial charge in [-0.1, -0.05) is 11.6 Å². The first-order chi connectivity index (χ1) is 15.6. The molecule has 2 amide bonds. The van der Waals surface area contributed by atoms with E-state index in [9.17, 15) is 24.3 Å². The minimum absolute atomic E-state index is 0.0690. The molecule has 1 N–H and O–H groups in total. The average molecular weight is 512 g/mol. The topological polar surface area (TPSA) is 101 Å². The summed E-state index contributed by atoms with van der Waals surface area (Å²) in [6.07, 6.45) is 3.97. The van der Waals surface area contributed by atoms with Crippen LogP contribution < -0.4 is 4.74 Å². The van der Waals surface area contributed by atoms with E-state index < -0.39 is 17.8 Å². The fraction of sp³-hybridized carbons (Fsp3) is 0.360. The van der Waals surface area contributed by atoms with Gasteiger partial charge in [0.25, 0.3) is 0 Å². The van der Waals surface area contributed by atoms with Crippen molar-refractivity contribution in [1.82, 2.24) is 4.90 Å². The van der Waals surface area contributed by atoms with Crippen molar-refractivity contribution >= 4 is 39.3 Å². The Bertz CT molecular complexity index is 1260. The number of hydrogen-bond acceptors (Lipinski definition) is 6. The molecule has 4 atom stereocenters. The summed E-state index contributed by atoms with van der Waals surface area (Å²) in [5, 5.41) is 10.3. The molecule has 1 fully saturated rings. The van der Waals surface area contributed by atoms with Crippen molar-refractivity contribution < 1.29 is 29.0 Å². The average Bonchev–Trinajstić information content (AvgIpc) is 3.02. The molecular weight excluding hydrogens is 490 g/mol. The lowest BCUT2D eigenvalue weighted by atomic mass is 9.59. The quantitative estimate of drug-likeness (QED) is 0.371. The lowest BCUT2D eigenvalue weighted by molar-refractivity contribution is -0.138. The van der Waals surface area contributed by atoms with E-state index in [1.54, 1.807) is 19.1 Å². The van der Waals surface area contributed by atoms with E-state index in [0.29, 0.717) is 33.2 Å². The fourth-order valence-corrected chi connectivity index (χ4v) is 6.29. The normalized spacial score (nSPS) is 28.9. The van der Waals surface area contributed by atoms with Crippen molar-refractivity contribution in [2.45, 2.75) is 25.7 Å². The molecule has 0 unspecified atom stereocenters. The van der Waals surface area contributed by atoms with E-state index in [2.05, 4.69) is 15.9 Å². The number of ketones is 2. The summed E-state index contributed by atoms with van der Waals surface area (Å²) in [4.78, 5) is 53.3. The number of nitrogens with zero attached hydrogens (tertiary/aromatic N) is 1. The number of phenols is 1. The number of carbonyl (C=O) groups excluding carboxylic acids is 4. The van der Waals surface area contributed by atoms with E-state index in [0.717, 1.165) is 5.57 Å². The molecule has 0 radical (unpaired) electrons. The Balaban J connectivity index is 1.74. The maximum atomic E-state index is 13.2. The Morgan fingerprint density at radius 2 is 1.85 bits per heavy atom. The largest absolute Gasteiger partial charge is 0.503 e. The van der Waals surface area contributed by atoms with Gasteiger partial charge in [-0.2, -0.15) is 0 Å². The lowest BCUT2D eigenvalue weighted by Gasteiger charge is -2.42. The van der Waals surface area contributed by atoms with E-state index >= 15 is 0 Å². The molecule has 3 aliphatic carbocycles. The van der Waals surface area contributed by atoms with Gasteiger partial charge in [0.05, 0.1) is 23.4 Å². The van der Waals surface area contributed by atoms with Crippen LogP contribution in [0.1, 0.15) is 31.2 Å². The van der Waals surface area contributed by atoms with Crippen LogP contribution in [-0.2, 0) is 19.2 Å². The smallest absolute Gasteiger partial charge is 0.233 e. The second-order valence-corrected chi connectivity index (χ2v) is 9.87. The number of rotatable bonds is 2. The van der Waals surface area contributed by atoms with Gasteiger partial charge in [-0.15, -0.1) is 0 Å². The first kappa shape index (κ1) is 21.8. The van der Waals surface area contributed by atoms with E-state index in [4.69, 9.17) is 4.74 Å². The maximum absolute atomic E-state index is 13.2. The summed E-state index contributed by atoms with van der Waals surface area (Å²) >= 11 is 3.35. The molecular formula is C25H22BrNO6. The van der Waals surface area contributed by atoms with Crippen LogP contribution in [0.3, 0.4) is 0 Å². The first-order valence-corrected chi connectivity index (χ1v) is 11.5. The predicted molar refractivity (Wildman–Crippen MR) is 121 cm³/mol. The minimum Gasteiger partial charge on any atom is -0.503 e. The summed E-state index contributed by atoms with van der Waals surface area (Å²) in [6, 6.07) is 3.36. The van der Waals surface area contributed by atoms with Crippen LogP contribution in [0.5, 0.6) is 11.5 Å². The van der Waals surface area contributed by atoms with Crippen LogP contribution in [-0.4, -0.2) is 47.5 Å². The summed E-state index contributed by atoms with van der Waals surface area (Å²) < 4.78 is 5.72. The highest BCUT2D eigenvalue weighted by Gasteiger charge is 2.55. The molecule has 8 heteroatoms.